The molecule has 61 heavy (non-hydrogen) atoms. The van der Waals surface area contributed by atoms with Gasteiger partial charge in [0.05, 0.1) is 23.3 Å². The molecule has 2 aromatic heterocycles. The van der Waals surface area contributed by atoms with Gasteiger partial charge in [0.2, 0.25) is 0 Å². The second-order valence-electron chi connectivity index (χ2n) is 18.2. The van der Waals surface area contributed by atoms with Crippen LogP contribution in [0.1, 0.15) is 116 Å². The Morgan fingerprint density at radius 2 is 0.951 bits per heavy atom. The van der Waals surface area contributed by atoms with E-state index in [1.807, 2.05) is 73.3 Å². The van der Waals surface area contributed by atoms with Crippen molar-refractivity contribution in [2.24, 2.45) is 0 Å². The second kappa shape index (κ2) is 17.0. The minimum Gasteiger partial charge on any atom is -0.506 e. The maximum Gasteiger partial charge on any atom is 0.197 e. The number of hydrogen-bond acceptors (Lipinski definition) is 4. The zero-order valence-corrected chi connectivity index (χ0v) is 35.9. The highest BCUT2D eigenvalue weighted by molar-refractivity contribution is 5.86. The van der Waals surface area contributed by atoms with E-state index in [0.717, 1.165) is 79.2 Å². The first kappa shape index (κ1) is 39.5. The lowest BCUT2D eigenvalue weighted by Crippen LogP contribution is -2.23. The van der Waals surface area contributed by atoms with Crippen LogP contribution in [0.15, 0.2) is 90.2 Å². The molecule has 0 radical (unpaired) electrons. The number of hydrogen-bond donors (Lipinski definition) is 2. The summed E-state index contributed by atoms with van der Waals surface area (Å²) in [5, 5.41) is 12.2. The number of benzene rings is 4. The predicted octanol–water partition coefficient (Wildman–Crippen LogP) is 11.7. The highest BCUT2D eigenvalue weighted by Gasteiger charge is 2.29. The molecule has 0 amide bonds. The van der Waals surface area contributed by atoms with Gasteiger partial charge in [0.25, 0.3) is 0 Å². The van der Waals surface area contributed by atoms with Crippen molar-refractivity contribution in [3.63, 3.8) is 0 Å². The molecule has 0 unspecified atom stereocenters. The fourth-order valence-corrected chi connectivity index (χ4v) is 11.3. The van der Waals surface area contributed by atoms with Gasteiger partial charge in [-0.15, -0.1) is 0 Å². The molecule has 312 valence electrons. The number of rotatable bonds is 10. The number of H-pyrrole nitrogens is 2. The molecule has 2 atom stereocenters. The minimum absolute atomic E-state index is 0.0547. The Morgan fingerprint density at radius 3 is 1.46 bits per heavy atom. The number of aromatic nitrogens is 2. The Bertz CT molecular complexity index is 2610. The molecule has 0 aliphatic heterocycles. The van der Waals surface area contributed by atoms with Crippen LogP contribution in [0, 0.1) is 0 Å². The number of nitrogens with one attached hydrogen (secondary N) is 2. The number of aryl methyl sites for hydroxylation is 4. The summed E-state index contributed by atoms with van der Waals surface area (Å²) in [6.07, 6.45) is 26.1. The lowest BCUT2D eigenvalue weighted by molar-refractivity contribution is -0.376. The van der Waals surface area contributed by atoms with Gasteiger partial charge in [0, 0.05) is 41.1 Å². The monoisotopic (exact) mass is 811 g/mol. The molecule has 0 spiro atoms. The van der Waals surface area contributed by atoms with Crippen LogP contribution >= 0.6 is 0 Å². The van der Waals surface area contributed by atoms with Gasteiger partial charge >= 0.3 is 0 Å². The van der Waals surface area contributed by atoms with Crippen molar-refractivity contribution in [3.8, 4) is 61.8 Å². The van der Waals surface area contributed by atoms with Gasteiger partial charge in [0.1, 0.15) is 17.2 Å². The molecule has 2 heterocycles. The summed E-state index contributed by atoms with van der Waals surface area (Å²) < 4.78 is 13.4. The average Bonchev–Trinajstić information content (AvgIpc) is 3.28. The zero-order valence-electron chi connectivity index (χ0n) is 35.9. The van der Waals surface area contributed by atoms with E-state index in [-0.39, 0.29) is 17.6 Å². The van der Waals surface area contributed by atoms with Crippen LogP contribution in [0.2, 0.25) is 0 Å². The van der Waals surface area contributed by atoms with E-state index >= 15 is 0 Å². The minimum atomic E-state index is -0.209. The van der Waals surface area contributed by atoms with Gasteiger partial charge < -0.3 is 19.6 Å². The van der Waals surface area contributed by atoms with Gasteiger partial charge in [0.15, 0.2) is 17.8 Å². The van der Waals surface area contributed by atoms with Crippen molar-refractivity contribution in [1.29, 1.82) is 0 Å². The fourth-order valence-electron chi connectivity index (χ4n) is 11.3. The van der Waals surface area contributed by atoms with E-state index in [1.165, 1.54) is 107 Å². The van der Waals surface area contributed by atoms with Crippen LogP contribution in [0.5, 0.6) is 17.2 Å². The van der Waals surface area contributed by atoms with E-state index in [0.29, 0.717) is 29.2 Å². The van der Waals surface area contributed by atoms with Gasteiger partial charge in [-0.1, -0.05) is 48.5 Å². The molecule has 4 aliphatic carbocycles. The number of para-hydroxylation sites is 2. The van der Waals surface area contributed by atoms with Crippen molar-refractivity contribution < 1.29 is 19.6 Å². The Morgan fingerprint density at radius 1 is 0.541 bits per heavy atom. The predicted molar refractivity (Wildman–Crippen MR) is 245 cm³/mol. The van der Waals surface area contributed by atoms with Gasteiger partial charge in [-0.25, -0.2) is 4.98 Å². The van der Waals surface area contributed by atoms with Crippen molar-refractivity contribution >= 4 is 0 Å². The molecule has 6 aromatic rings. The lowest BCUT2D eigenvalue weighted by atomic mass is 9.77. The van der Waals surface area contributed by atoms with Crippen LogP contribution in [0.25, 0.3) is 44.5 Å². The quantitative estimate of drug-likeness (QED) is 0.144. The van der Waals surface area contributed by atoms with Crippen LogP contribution < -0.4 is 19.9 Å². The Hall–Kier alpha value is -5.62. The number of ether oxygens (including phenoxy) is 2. The molecule has 6 nitrogen and oxygen atoms in total. The van der Waals surface area contributed by atoms with Crippen molar-refractivity contribution in [3.05, 3.63) is 140 Å². The van der Waals surface area contributed by atoms with E-state index < -0.39 is 0 Å². The number of aromatic hydroxyl groups is 1. The maximum atomic E-state index is 14.6. The Labute approximate surface area is 360 Å². The summed E-state index contributed by atoms with van der Waals surface area (Å²) in [5.74, 6) is 1.70. The number of pyridine rings is 2. The maximum absolute atomic E-state index is 14.6. The zero-order chi connectivity index (χ0) is 41.5. The highest BCUT2D eigenvalue weighted by atomic mass is 16.5. The molecule has 10 rings (SSSR count). The SMILES string of the molecule is C[C@H](C[C@@H](C)Oc1ccccc1-c1c[nH]cc(-c2c3c(cc4c2CCCC4)CCCC3)c1=O)Oc1ccccc1-c1c[nH+]cc(-c2c3c(cc4c2CCCC4)CCCC3)c1O. The lowest BCUT2D eigenvalue weighted by Gasteiger charge is -2.28. The molecular weight excluding hydrogens is 753 g/mol. The smallest absolute Gasteiger partial charge is 0.197 e. The first-order valence-electron chi connectivity index (χ1n) is 23.2. The third-order valence-electron chi connectivity index (χ3n) is 14.1. The van der Waals surface area contributed by atoms with Gasteiger partial charge in [-0.3, -0.25) is 4.79 Å². The van der Waals surface area contributed by atoms with Crippen LogP contribution in [0.3, 0.4) is 0 Å². The van der Waals surface area contributed by atoms with E-state index in [4.69, 9.17) is 9.47 Å². The standard InChI is InChI=1S/C55H58N2O4/c1-34(60-50-25-13-11-23-44(50)46-30-56-32-48(54(46)58)52-40-19-7-3-15-36(40)28-37-16-4-8-20-41(37)52)27-35(2)61-51-26-14-12-24-45(51)47-31-57-33-49(55(47)59)53-42-21-9-5-17-38(42)29-39-18-6-10-22-43(39)53/h11-14,23-26,28-35H,3-10,15-22,27H2,1-2H3,(H,56,58)(H,57,59)/p+1/t34-,35-/m1/s1. The summed E-state index contributed by atoms with van der Waals surface area (Å²) in [4.78, 5) is 21.5. The largest absolute Gasteiger partial charge is 0.506 e. The first-order chi connectivity index (χ1) is 29.9. The normalized spacial score (nSPS) is 16.7. The number of fused-ring (bicyclic) bond motifs is 4. The molecule has 0 fully saturated rings. The highest BCUT2D eigenvalue weighted by Crippen LogP contribution is 2.46. The third kappa shape index (κ3) is 7.57. The molecule has 0 saturated heterocycles. The summed E-state index contributed by atoms with van der Waals surface area (Å²) in [6.45, 7) is 4.14. The summed E-state index contributed by atoms with van der Waals surface area (Å²) >= 11 is 0. The molecule has 0 bridgehead atoms. The first-order valence-corrected chi connectivity index (χ1v) is 23.2. The van der Waals surface area contributed by atoms with Crippen molar-refractivity contribution in [1.82, 2.24) is 4.98 Å². The van der Waals surface area contributed by atoms with Gasteiger partial charge in [-0.2, -0.15) is 0 Å². The topological polar surface area (TPSA) is 85.7 Å². The summed E-state index contributed by atoms with van der Waals surface area (Å²) in [6, 6.07) is 20.9. The molecule has 0 saturated carbocycles. The van der Waals surface area contributed by atoms with Crippen molar-refractivity contribution in [2.45, 2.75) is 135 Å². The van der Waals surface area contributed by atoms with Gasteiger partial charge in [-0.05, 0) is 184 Å². The Kier molecular flexibility index (Phi) is 11.0. The summed E-state index contributed by atoms with van der Waals surface area (Å²) in [5.41, 5.74) is 18.6. The van der Waals surface area contributed by atoms with E-state index in [9.17, 15) is 9.90 Å². The Balaban J connectivity index is 0.904. The molecule has 6 heteroatoms. The average molecular weight is 812 g/mol. The molecule has 4 aliphatic rings. The van der Waals surface area contributed by atoms with Crippen molar-refractivity contribution in [2.75, 3.05) is 0 Å². The van der Waals surface area contributed by atoms with Crippen LogP contribution in [0.4, 0.5) is 0 Å². The second-order valence-corrected chi connectivity index (χ2v) is 18.2. The number of aromatic amines is 2. The van der Waals surface area contributed by atoms with E-state index in [2.05, 4.69) is 35.9 Å². The molecule has 4 aromatic carbocycles. The molecular formula is C55H59N2O4+. The molecule has 3 N–H and O–H groups in total. The van der Waals surface area contributed by atoms with Crippen LogP contribution in [-0.2, 0) is 51.4 Å². The summed E-state index contributed by atoms with van der Waals surface area (Å²) in [7, 11) is 0. The fraction of sp³-hybridized carbons (Fsp3) is 0.382. The third-order valence-corrected chi connectivity index (χ3v) is 14.1. The van der Waals surface area contributed by atoms with E-state index in [1.54, 1.807) is 0 Å². The van der Waals surface area contributed by atoms with Crippen LogP contribution in [-0.4, -0.2) is 22.3 Å².